The number of hydrogen-bond acceptors (Lipinski definition) is 2. The van der Waals surface area contributed by atoms with E-state index in [9.17, 15) is 4.79 Å². The number of amides is 1. The molecule has 1 aromatic heterocycles. The van der Waals surface area contributed by atoms with E-state index in [0.29, 0.717) is 17.9 Å². The molecule has 4 nitrogen and oxygen atoms in total. The quantitative estimate of drug-likeness (QED) is 0.858. The average Bonchev–Trinajstić information content (AvgIpc) is 3.02. The fourth-order valence-electron chi connectivity index (χ4n) is 2.74. The Kier molecular flexibility index (Phi) is 3.30. The first-order valence-electron chi connectivity index (χ1n) is 6.66. The lowest BCUT2D eigenvalue weighted by atomic mass is 10.1. The van der Waals surface area contributed by atoms with E-state index in [4.69, 9.17) is 5.73 Å². The van der Waals surface area contributed by atoms with E-state index in [1.807, 2.05) is 42.0 Å². The number of hydrogen-bond donors (Lipinski definition) is 1. The number of aryl methyl sites for hydroxylation is 1. The number of rotatable bonds is 2. The number of nitrogens with two attached hydrogens (primary N) is 1. The lowest BCUT2D eigenvalue weighted by Crippen LogP contribution is -2.31. The second-order valence-electron chi connectivity index (χ2n) is 4.89. The number of nitrogen functional groups attached to an aromatic ring is 1. The number of benzene rings is 1. The van der Waals surface area contributed by atoms with Crippen LogP contribution in [0.1, 0.15) is 23.0 Å². The molecular weight excluding hydrogens is 318 g/mol. The van der Waals surface area contributed by atoms with Gasteiger partial charge in [-0.05, 0) is 47.0 Å². The molecule has 0 fully saturated rings. The monoisotopic (exact) mass is 333 g/mol. The van der Waals surface area contributed by atoms with Crippen LogP contribution in [0, 0.1) is 0 Å². The van der Waals surface area contributed by atoms with Gasteiger partial charge < -0.3 is 15.2 Å². The van der Waals surface area contributed by atoms with E-state index in [2.05, 4.69) is 15.9 Å². The van der Waals surface area contributed by atoms with Crippen LogP contribution in [-0.4, -0.2) is 17.0 Å². The van der Waals surface area contributed by atoms with E-state index in [-0.39, 0.29) is 5.91 Å². The van der Waals surface area contributed by atoms with Gasteiger partial charge in [0.1, 0.15) is 5.69 Å². The number of halogens is 1. The van der Waals surface area contributed by atoms with Gasteiger partial charge in [-0.25, -0.2) is 0 Å². The summed E-state index contributed by atoms with van der Waals surface area (Å²) in [5, 5.41) is 0. The largest absolute Gasteiger partial charge is 0.397 e. The molecule has 5 heteroatoms. The van der Waals surface area contributed by atoms with E-state index >= 15 is 0 Å². The van der Waals surface area contributed by atoms with Gasteiger partial charge in [0.05, 0.1) is 11.4 Å². The maximum atomic E-state index is 12.8. The Balaban J connectivity index is 2.02. The van der Waals surface area contributed by atoms with Crippen molar-refractivity contribution in [2.75, 3.05) is 17.2 Å². The smallest absolute Gasteiger partial charge is 0.275 e. The van der Waals surface area contributed by atoms with Gasteiger partial charge in [-0.2, -0.15) is 0 Å². The highest BCUT2D eigenvalue weighted by Gasteiger charge is 2.28. The van der Waals surface area contributed by atoms with E-state index in [1.54, 1.807) is 4.90 Å². The van der Waals surface area contributed by atoms with Crippen LogP contribution in [-0.2, 0) is 13.0 Å². The third-order valence-corrected chi connectivity index (χ3v) is 4.13. The van der Waals surface area contributed by atoms with E-state index in [0.717, 1.165) is 28.7 Å². The van der Waals surface area contributed by atoms with Gasteiger partial charge >= 0.3 is 0 Å². The molecule has 2 heterocycles. The summed E-state index contributed by atoms with van der Waals surface area (Å²) in [5.41, 5.74) is 9.42. The minimum atomic E-state index is 0.00852. The summed E-state index contributed by atoms with van der Waals surface area (Å²) >= 11 is 3.43. The summed E-state index contributed by atoms with van der Waals surface area (Å²) in [6, 6.07) is 7.68. The van der Waals surface area contributed by atoms with Crippen molar-refractivity contribution in [1.82, 2.24) is 4.57 Å². The van der Waals surface area contributed by atoms with Crippen LogP contribution >= 0.6 is 15.9 Å². The number of para-hydroxylation sites is 1. The summed E-state index contributed by atoms with van der Waals surface area (Å²) in [7, 11) is 0. The molecule has 0 aliphatic carbocycles. The summed E-state index contributed by atoms with van der Waals surface area (Å²) in [6.07, 6.45) is 2.79. The summed E-state index contributed by atoms with van der Waals surface area (Å²) in [4.78, 5) is 14.6. The van der Waals surface area contributed by atoms with Gasteiger partial charge in [-0.1, -0.05) is 12.1 Å². The Labute approximate surface area is 126 Å². The molecule has 2 N–H and O–H groups in total. The molecule has 0 saturated heterocycles. The fourth-order valence-corrected chi connectivity index (χ4v) is 3.21. The highest BCUT2D eigenvalue weighted by Crippen LogP contribution is 2.34. The van der Waals surface area contributed by atoms with E-state index < -0.39 is 0 Å². The van der Waals surface area contributed by atoms with Crippen molar-refractivity contribution in [2.45, 2.75) is 19.9 Å². The molecule has 2 aromatic rings. The van der Waals surface area contributed by atoms with E-state index in [1.165, 1.54) is 0 Å². The van der Waals surface area contributed by atoms with Crippen LogP contribution in [0.5, 0.6) is 0 Å². The lowest BCUT2D eigenvalue weighted by molar-refractivity contribution is 0.0980. The predicted molar refractivity (Wildman–Crippen MR) is 84.0 cm³/mol. The molecule has 0 radical (unpaired) electrons. The molecule has 0 spiro atoms. The van der Waals surface area contributed by atoms with Gasteiger partial charge in [0.25, 0.3) is 5.91 Å². The van der Waals surface area contributed by atoms with Gasteiger partial charge in [0.15, 0.2) is 0 Å². The summed E-state index contributed by atoms with van der Waals surface area (Å²) in [6.45, 7) is 3.47. The van der Waals surface area contributed by atoms with Crippen LogP contribution in [0.25, 0.3) is 0 Å². The number of fused-ring (bicyclic) bond motifs is 1. The third kappa shape index (κ3) is 2.02. The Hall–Kier alpha value is -1.75. The van der Waals surface area contributed by atoms with Gasteiger partial charge in [-0.3, -0.25) is 4.79 Å². The number of carbonyl (C=O) groups is 1. The van der Waals surface area contributed by atoms with Crippen molar-refractivity contribution >= 4 is 33.2 Å². The van der Waals surface area contributed by atoms with Gasteiger partial charge in [-0.15, -0.1) is 0 Å². The Morgan fingerprint density at radius 2 is 2.25 bits per heavy atom. The van der Waals surface area contributed by atoms with Gasteiger partial charge in [0, 0.05) is 23.8 Å². The first kappa shape index (κ1) is 13.2. The molecule has 1 aliphatic heterocycles. The van der Waals surface area contributed by atoms with Crippen molar-refractivity contribution in [3.05, 3.63) is 46.2 Å². The Bertz CT molecular complexity index is 678. The SMILES string of the molecule is CCn1cc(Br)cc1C(=O)N1CCc2cccc(N)c21. The standard InChI is InChI=1S/C15H16BrN3O/c1-2-18-9-11(16)8-13(18)15(20)19-7-6-10-4-3-5-12(17)14(10)19/h3-5,8-9H,2,6-7,17H2,1H3. The van der Waals surface area contributed by atoms with Gasteiger partial charge in [0.2, 0.25) is 0 Å². The molecule has 0 saturated carbocycles. The normalized spacial score (nSPS) is 13.6. The van der Waals surface area contributed by atoms with Crippen molar-refractivity contribution in [3.63, 3.8) is 0 Å². The van der Waals surface area contributed by atoms with Crippen molar-refractivity contribution < 1.29 is 4.79 Å². The molecular formula is C15H16BrN3O. The first-order chi connectivity index (χ1) is 9.61. The average molecular weight is 334 g/mol. The van der Waals surface area contributed by atoms with Crippen LogP contribution in [0.15, 0.2) is 34.9 Å². The maximum Gasteiger partial charge on any atom is 0.275 e. The molecule has 1 amide bonds. The third-order valence-electron chi connectivity index (χ3n) is 3.69. The van der Waals surface area contributed by atoms with Crippen LogP contribution in [0.2, 0.25) is 0 Å². The highest BCUT2D eigenvalue weighted by atomic mass is 79.9. The van der Waals surface area contributed by atoms with Crippen LogP contribution in [0.3, 0.4) is 0 Å². The minimum absolute atomic E-state index is 0.00852. The molecule has 104 valence electrons. The zero-order valence-electron chi connectivity index (χ0n) is 11.3. The number of carbonyl (C=O) groups excluding carboxylic acids is 1. The molecule has 0 unspecified atom stereocenters. The lowest BCUT2D eigenvalue weighted by Gasteiger charge is -2.19. The number of aromatic nitrogens is 1. The zero-order chi connectivity index (χ0) is 14.3. The molecule has 1 aromatic carbocycles. The minimum Gasteiger partial charge on any atom is -0.397 e. The Morgan fingerprint density at radius 1 is 1.45 bits per heavy atom. The van der Waals surface area contributed by atoms with Crippen molar-refractivity contribution in [2.24, 2.45) is 0 Å². The topological polar surface area (TPSA) is 51.3 Å². The summed E-state index contributed by atoms with van der Waals surface area (Å²) < 4.78 is 2.87. The van der Waals surface area contributed by atoms with Crippen molar-refractivity contribution in [3.8, 4) is 0 Å². The van der Waals surface area contributed by atoms with Crippen LogP contribution in [0.4, 0.5) is 11.4 Å². The first-order valence-corrected chi connectivity index (χ1v) is 7.46. The molecule has 0 bridgehead atoms. The highest BCUT2D eigenvalue weighted by molar-refractivity contribution is 9.10. The number of nitrogens with zero attached hydrogens (tertiary/aromatic N) is 2. The molecule has 0 atom stereocenters. The molecule has 3 rings (SSSR count). The zero-order valence-corrected chi connectivity index (χ0v) is 12.9. The second kappa shape index (κ2) is 4.98. The fraction of sp³-hybridized carbons (Fsp3) is 0.267. The Morgan fingerprint density at radius 3 is 3.00 bits per heavy atom. The number of anilines is 2. The van der Waals surface area contributed by atoms with Crippen molar-refractivity contribution in [1.29, 1.82) is 0 Å². The van der Waals surface area contributed by atoms with Crippen LogP contribution < -0.4 is 10.6 Å². The predicted octanol–water partition coefficient (Wildman–Crippen LogP) is 3.06. The summed E-state index contributed by atoms with van der Waals surface area (Å²) in [5.74, 6) is 0.00852. The molecule has 1 aliphatic rings. The second-order valence-corrected chi connectivity index (χ2v) is 5.81. The maximum absolute atomic E-state index is 12.8. The molecule has 20 heavy (non-hydrogen) atoms.